The SMILES string of the molecule is Clc1cc(Br)ccc1-c1nnc(CCc2nc(-c3ccccn3)no2)o1. The summed E-state index contributed by atoms with van der Waals surface area (Å²) in [6.45, 7) is 0. The molecule has 0 radical (unpaired) electrons. The van der Waals surface area contributed by atoms with Crippen molar-refractivity contribution < 1.29 is 8.94 Å². The highest BCUT2D eigenvalue weighted by Crippen LogP contribution is 2.29. The molecule has 0 aliphatic carbocycles. The Hall–Kier alpha value is -2.58. The minimum atomic E-state index is 0.372. The van der Waals surface area contributed by atoms with Crippen molar-refractivity contribution in [3.8, 4) is 23.0 Å². The predicted molar refractivity (Wildman–Crippen MR) is 97.4 cm³/mol. The molecule has 0 aliphatic heterocycles. The van der Waals surface area contributed by atoms with Crippen LogP contribution >= 0.6 is 27.5 Å². The lowest BCUT2D eigenvalue weighted by molar-refractivity contribution is 0.373. The summed E-state index contributed by atoms with van der Waals surface area (Å²) in [4.78, 5) is 8.52. The standard InChI is InChI=1S/C17H11BrClN5O2/c18-10-4-5-11(12(19)9-10)17-23-22-15(25-17)7-6-14-21-16(24-26-14)13-3-1-2-8-20-13/h1-5,8-9H,6-7H2. The van der Waals surface area contributed by atoms with E-state index in [9.17, 15) is 0 Å². The summed E-state index contributed by atoms with van der Waals surface area (Å²) in [6, 6.07) is 11.0. The Morgan fingerprint density at radius 3 is 2.73 bits per heavy atom. The van der Waals surface area contributed by atoms with Gasteiger partial charge in [-0.2, -0.15) is 4.98 Å². The number of aryl methyl sites for hydroxylation is 2. The molecule has 7 nitrogen and oxygen atoms in total. The van der Waals surface area contributed by atoms with Gasteiger partial charge in [-0.25, -0.2) is 0 Å². The molecule has 0 saturated heterocycles. The molecular formula is C17H11BrClN5O2. The van der Waals surface area contributed by atoms with Crippen LogP contribution in [-0.2, 0) is 12.8 Å². The van der Waals surface area contributed by atoms with E-state index in [1.807, 2.05) is 30.3 Å². The van der Waals surface area contributed by atoms with Gasteiger partial charge in [0.2, 0.25) is 23.5 Å². The number of pyridine rings is 1. The first-order chi connectivity index (χ1) is 12.7. The van der Waals surface area contributed by atoms with Crippen LogP contribution in [0.15, 0.2) is 56.0 Å². The molecular weight excluding hydrogens is 422 g/mol. The fourth-order valence-corrected chi connectivity index (χ4v) is 3.05. The van der Waals surface area contributed by atoms with Crippen LogP contribution in [0, 0.1) is 0 Å². The lowest BCUT2D eigenvalue weighted by Crippen LogP contribution is -1.92. The lowest BCUT2D eigenvalue weighted by Gasteiger charge is -1.99. The number of halogens is 2. The molecule has 3 heterocycles. The smallest absolute Gasteiger partial charge is 0.249 e. The number of benzene rings is 1. The van der Waals surface area contributed by atoms with Crippen molar-refractivity contribution in [3.63, 3.8) is 0 Å². The monoisotopic (exact) mass is 431 g/mol. The zero-order valence-electron chi connectivity index (χ0n) is 13.3. The van der Waals surface area contributed by atoms with Crippen LogP contribution in [0.1, 0.15) is 11.8 Å². The van der Waals surface area contributed by atoms with Crippen molar-refractivity contribution >= 4 is 27.5 Å². The van der Waals surface area contributed by atoms with Gasteiger partial charge in [0.15, 0.2) is 0 Å². The second kappa shape index (κ2) is 7.35. The van der Waals surface area contributed by atoms with E-state index in [1.54, 1.807) is 12.3 Å². The van der Waals surface area contributed by atoms with Crippen LogP contribution in [-0.4, -0.2) is 25.3 Å². The molecule has 0 bridgehead atoms. The van der Waals surface area contributed by atoms with Gasteiger partial charge in [-0.3, -0.25) is 4.98 Å². The Balaban J connectivity index is 1.45. The average molecular weight is 433 g/mol. The van der Waals surface area contributed by atoms with Gasteiger partial charge >= 0.3 is 0 Å². The largest absolute Gasteiger partial charge is 0.421 e. The van der Waals surface area contributed by atoms with Crippen molar-refractivity contribution in [1.29, 1.82) is 0 Å². The summed E-state index contributed by atoms with van der Waals surface area (Å²) in [6.07, 6.45) is 2.64. The van der Waals surface area contributed by atoms with Gasteiger partial charge in [-0.05, 0) is 30.3 Å². The van der Waals surface area contributed by atoms with Crippen LogP contribution in [0.25, 0.3) is 23.0 Å². The summed E-state index contributed by atoms with van der Waals surface area (Å²) in [5, 5.41) is 12.6. The summed E-state index contributed by atoms with van der Waals surface area (Å²) >= 11 is 9.58. The van der Waals surface area contributed by atoms with E-state index in [1.165, 1.54) is 0 Å². The molecule has 0 saturated carbocycles. The van der Waals surface area contributed by atoms with E-state index in [0.717, 1.165) is 4.47 Å². The van der Waals surface area contributed by atoms with Crippen molar-refractivity contribution in [2.24, 2.45) is 0 Å². The minimum absolute atomic E-state index is 0.372. The molecule has 0 N–H and O–H groups in total. The number of hydrogen-bond acceptors (Lipinski definition) is 7. The first kappa shape index (κ1) is 16.9. The third kappa shape index (κ3) is 3.66. The summed E-state index contributed by atoms with van der Waals surface area (Å²) in [5.74, 6) is 1.77. The van der Waals surface area contributed by atoms with E-state index < -0.39 is 0 Å². The van der Waals surface area contributed by atoms with Gasteiger partial charge in [-0.1, -0.05) is 38.8 Å². The first-order valence-corrected chi connectivity index (χ1v) is 8.88. The zero-order chi connectivity index (χ0) is 17.9. The van der Waals surface area contributed by atoms with E-state index >= 15 is 0 Å². The fourth-order valence-electron chi connectivity index (χ4n) is 2.30. The highest BCUT2D eigenvalue weighted by Gasteiger charge is 2.14. The van der Waals surface area contributed by atoms with Crippen LogP contribution in [0.2, 0.25) is 5.02 Å². The Bertz CT molecular complexity index is 1030. The predicted octanol–water partition coefficient (Wildman–Crippen LogP) is 4.38. The van der Waals surface area contributed by atoms with Gasteiger partial charge in [0, 0.05) is 23.5 Å². The minimum Gasteiger partial charge on any atom is -0.421 e. The van der Waals surface area contributed by atoms with E-state index in [0.29, 0.717) is 52.6 Å². The number of hydrogen-bond donors (Lipinski definition) is 0. The van der Waals surface area contributed by atoms with E-state index in [2.05, 4.69) is 41.3 Å². The Labute approximate surface area is 161 Å². The maximum atomic E-state index is 6.21. The molecule has 9 heteroatoms. The highest BCUT2D eigenvalue weighted by molar-refractivity contribution is 9.10. The molecule has 4 aromatic rings. The van der Waals surface area contributed by atoms with Crippen molar-refractivity contribution in [3.05, 3.63) is 63.9 Å². The molecule has 3 aromatic heterocycles. The second-order valence-electron chi connectivity index (χ2n) is 5.35. The van der Waals surface area contributed by atoms with E-state index in [4.69, 9.17) is 20.5 Å². The van der Waals surface area contributed by atoms with Crippen molar-refractivity contribution in [2.75, 3.05) is 0 Å². The molecule has 0 atom stereocenters. The fraction of sp³-hybridized carbons (Fsp3) is 0.118. The van der Waals surface area contributed by atoms with E-state index in [-0.39, 0.29) is 0 Å². The lowest BCUT2D eigenvalue weighted by atomic mass is 10.2. The van der Waals surface area contributed by atoms with Gasteiger partial charge in [0.25, 0.3) is 0 Å². The third-order valence-electron chi connectivity index (χ3n) is 3.54. The Morgan fingerprint density at radius 2 is 1.92 bits per heavy atom. The van der Waals surface area contributed by atoms with Crippen molar-refractivity contribution in [1.82, 2.24) is 25.3 Å². The number of rotatable bonds is 5. The maximum Gasteiger partial charge on any atom is 0.249 e. The topological polar surface area (TPSA) is 90.7 Å². The third-order valence-corrected chi connectivity index (χ3v) is 4.35. The highest BCUT2D eigenvalue weighted by atomic mass is 79.9. The average Bonchev–Trinajstić information content (AvgIpc) is 3.30. The second-order valence-corrected chi connectivity index (χ2v) is 6.67. The molecule has 0 spiro atoms. The van der Waals surface area contributed by atoms with Gasteiger partial charge in [0.05, 0.1) is 10.6 Å². The maximum absolute atomic E-state index is 6.21. The van der Waals surface area contributed by atoms with Crippen LogP contribution in [0.3, 0.4) is 0 Å². The quantitative estimate of drug-likeness (QED) is 0.462. The molecule has 0 fully saturated rings. The Kier molecular flexibility index (Phi) is 4.77. The normalized spacial score (nSPS) is 11.0. The summed E-state index contributed by atoms with van der Waals surface area (Å²) in [7, 11) is 0. The van der Waals surface area contributed by atoms with Crippen LogP contribution in [0.4, 0.5) is 0 Å². The zero-order valence-corrected chi connectivity index (χ0v) is 15.6. The van der Waals surface area contributed by atoms with Gasteiger partial charge in [0.1, 0.15) is 5.69 Å². The molecule has 26 heavy (non-hydrogen) atoms. The number of aromatic nitrogens is 5. The molecule has 0 unspecified atom stereocenters. The molecule has 4 rings (SSSR count). The van der Waals surface area contributed by atoms with Gasteiger partial charge < -0.3 is 8.94 Å². The number of nitrogens with zero attached hydrogens (tertiary/aromatic N) is 5. The molecule has 1 aromatic carbocycles. The molecule has 130 valence electrons. The van der Waals surface area contributed by atoms with Gasteiger partial charge in [-0.15, -0.1) is 10.2 Å². The molecule has 0 amide bonds. The first-order valence-electron chi connectivity index (χ1n) is 7.71. The van der Waals surface area contributed by atoms with Crippen molar-refractivity contribution in [2.45, 2.75) is 12.8 Å². The van der Waals surface area contributed by atoms with Crippen LogP contribution < -0.4 is 0 Å². The Morgan fingerprint density at radius 1 is 1.04 bits per heavy atom. The van der Waals surface area contributed by atoms with Crippen LogP contribution in [0.5, 0.6) is 0 Å². The summed E-state index contributed by atoms with van der Waals surface area (Å²) < 4.78 is 11.8. The molecule has 0 aliphatic rings. The summed E-state index contributed by atoms with van der Waals surface area (Å²) in [5.41, 5.74) is 1.34.